The van der Waals surface area contributed by atoms with Crippen LogP contribution in [0.4, 0.5) is 4.39 Å². The van der Waals surface area contributed by atoms with E-state index in [0.717, 1.165) is 5.56 Å². The monoisotopic (exact) mass is 583 g/mol. The van der Waals surface area contributed by atoms with Crippen LogP contribution in [0.1, 0.15) is 42.1 Å². The fourth-order valence-corrected chi connectivity index (χ4v) is 5.75. The molecule has 212 valence electrons. The molecular weight excluding hydrogens is 557 g/mol. The van der Waals surface area contributed by atoms with Crippen molar-refractivity contribution in [1.82, 2.24) is 4.57 Å². The lowest BCUT2D eigenvalue weighted by atomic mass is 9.96. The van der Waals surface area contributed by atoms with Crippen molar-refractivity contribution in [2.24, 2.45) is 4.99 Å². The van der Waals surface area contributed by atoms with Crippen molar-refractivity contribution >= 4 is 23.4 Å². The van der Waals surface area contributed by atoms with E-state index in [1.165, 1.54) is 35.1 Å². The van der Waals surface area contributed by atoms with Gasteiger partial charge in [-0.15, -0.1) is 0 Å². The van der Waals surface area contributed by atoms with E-state index in [0.29, 0.717) is 43.2 Å². The van der Waals surface area contributed by atoms with Crippen molar-refractivity contribution in [3.8, 4) is 17.6 Å². The topological polar surface area (TPSA) is 103 Å². The third kappa shape index (κ3) is 5.60. The first kappa shape index (κ1) is 28.5. The molecule has 0 N–H and O–H groups in total. The quantitative estimate of drug-likeness (QED) is 0.285. The van der Waals surface area contributed by atoms with Gasteiger partial charge in [-0.1, -0.05) is 47.7 Å². The molecule has 1 aromatic heterocycles. The molecule has 0 fully saturated rings. The third-order valence-electron chi connectivity index (χ3n) is 6.71. The first-order valence-corrected chi connectivity index (χ1v) is 13.9. The van der Waals surface area contributed by atoms with Gasteiger partial charge in [0.15, 0.2) is 16.3 Å². The molecule has 0 saturated carbocycles. The number of carbonyl (C=O) groups is 1. The predicted molar refractivity (Wildman–Crippen MR) is 155 cm³/mol. The fourth-order valence-electron chi connectivity index (χ4n) is 4.71. The lowest BCUT2D eigenvalue weighted by Gasteiger charge is -2.24. The van der Waals surface area contributed by atoms with Crippen LogP contribution in [0.3, 0.4) is 0 Å². The maximum atomic E-state index is 13.8. The summed E-state index contributed by atoms with van der Waals surface area (Å²) in [6.45, 7) is 3.73. The van der Waals surface area contributed by atoms with Crippen LogP contribution < -0.4 is 24.4 Å². The van der Waals surface area contributed by atoms with Gasteiger partial charge >= 0.3 is 5.97 Å². The predicted octanol–water partition coefficient (Wildman–Crippen LogP) is 4.40. The van der Waals surface area contributed by atoms with Crippen LogP contribution in [0.25, 0.3) is 6.08 Å². The molecule has 42 heavy (non-hydrogen) atoms. The van der Waals surface area contributed by atoms with Gasteiger partial charge in [-0.3, -0.25) is 9.36 Å². The number of carbonyl (C=O) groups excluding carboxylic acids is 1. The molecule has 4 aromatic rings. The van der Waals surface area contributed by atoms with Crippen LogP contribution in [0.5, 0.6) is 11.5 Å². The number of hydrogen-bond donors (Lipinski definition) is 0. The minimum absolute atomic E-state index is 0.155. The number of benzene rings is 3. The Morgan fingerprint density at radius 3 is 2.62 bits per heavy atom. The second-order valence-corrected chi connectivity index (χ2v) is 10.3. The van der Waals surface area contributed by atoms with Crippen LogP contribution in [0.2, 0.25) is 0 Å². The smallest absolute Gasteiger partial charge is 0.338 e. The molecule has 2 heterocycles. The number of ether oxygens (including phenoxy) is 3. The summed E-state index contributed by atoms with van der Waals surface area (Å²) in [5.41, 5.74) is 2.82. The lowest BCUT2D eigenvalue weighted by Crippen LogP contribution is -2.39. The highest BCUT2D eigenvalue weighted by Crippen LogP contribution is 2.31. The molecule has 1 aliphatic rings. The number of allylic oxidation sites excluding steroid dienone is 1. The summed E-state index contributed by atoms with van der Waals surface area (Å²) in [5.74, 6) is -0.0780. The van der Waals surface area contributed by atoms with E-state index in [2.05, 4.69) is 11.1 Å². The van der Waals surface area contributed by atoms with Gasteiger partial charge in [0.05, 0.1) is 47.2 Å². The molecular formula is C32H26FN3O5S. The summed E-state index contributed by atoms with van der Waals surface area (Å²) in [6.07, 6.45) is 1.71. The van der Waals surface area contributed by atoms with Gasteiger partial charge in [-0.05, 0) is 61.4 Å². The molecule has 0 bridgehead atoms. The molecule has 1 atom stereocenters. The van der Waals surface area contributed by atoms with E-state index in [1.54, 1.807) is 62.4 Å². The number of rotatable bonds is 8. The summed E-state index contributed by atoms with van der Waals surface area (Å²) in [7, 11) is 1.52. The number of nitriles is 1. The average molecular weight is 584 g/mol. The number of halogens is 1. The Kier molecular flexibility index (Phi) is 8.31. The molecule has 0 radical (unpaired) electrons. The molecule has 0 aliphatic carbocycles. The van der Waals surface area contributed by atoms with Crippen LogP contribution in [-0.2, 0) is 16.1 Å². The highest BCUT2D eigenvalue weighted by Gasteiger charge is 2.33. The Morgan fingerprint density at radius 1 is 1.14 bits per heavy atom. The molecule has 0 saturated heterocycles. The Hall–Kier alpha value is -5.01. The lowest BCUT2D eigenvalue weighted by molar-refractivity contribution is -0.139. The van der Waals surface area contributed by atoms with Crippen molar-refractivity contribution in [1.29, 1.82) is 5.26 Å². The van der Waals surface area contributed by atoms with Gasteiger partial charge in [-0.2, -0.15) is 5.26 Å². The molecule has 0 amide bonds. The zero-order valence-corrected chi connectivity index (χ0v) is 23.9. The molecule has 0 unspecified atom stereocenters. The first-order chi connectivity index (χ1) is 20.3. The maximum absolute atomic E-state index is 13.8. The Labute approximate surface area is 244 Å². The molecule has 5 rings (SSSR count). The standard InChI is InChI=1S/C32H26FN3O5S/c1-4-40-31(38)28-19(2)35-32-36(29(28)21-10-12-24(33)13-11-21)30(37)27(42-32)16-20-9-14-25(26(15-20)39-3)41-18-23-8-6-5-7-22(23)17-34/h5-16,29H,4,18H2,1-3H3/b27-16-/t29-/m0/s1. The summed E-state index contributed by atoms with van der Waals surface area (Å²) >= 11 is 1.18. The zero-order valence-electron chi connectivity index (χ0n) is 23.1. The number of aromatic nitrogens is 1. The van der Waals surface area contributed by atoms with Gasteiger partial charge in [0.25, 0.3) is 5.56 Å². The van der Waals surface area contributed by atoms with Crippen molar-refractivity contribution in [3.05, 3.63) is 126 Å². The largest absolute Gasteiger partial charge is 0.493 e. The number of thiazole rings is 1. The van der Waals surface area contributed by atoms with Crippen LogP contribution in [0, 0.1) is 17.1 Å². The molecule has 1 aliphatic heterocycles. The third-order valence-corrected chi connectivity index (χ3v) is 7.69. The molecule has 3 aromatic carbocycles. The van der Waals surface area contributed by atoms with Gasteiger partial charge in [0.1, 0.15) is 12.4 Å². The van der Waals surface area contributed by atoms with Crippen molar-refractivity contribution in [2.45, 2.75) is 26.5 Å². The Balaban J connectivity index is 1.54. The minimum atomic E-state index is -0.829. The normalized spacial score (nSPS) is 14.5. The molecule has 0 spiro atoms. The Bertz CT molecular complexity index is 1920. The van der Waals surface area contributed by atoms with Gasteiger partial charge in [0, 0.05) is 5.56 Å². The fraction of sp³-hybridized carbons (Fsp3) is 0.188. The van der Waals surface area contributed by atoms with Crippen molar-refractivity contribution in [2.75, 3.05) is 13.7 Å². The SMILES string of the molecule is CCOC(=O)C1=C(C)N=c2s/c(=C\c3ccc(OCc4ccccc4C#N)c(OC)c3)c(=O)n2[C@H]1c1ccc(F)cc1. The van der Waals surface area contributed by atoms with Crippen molar-refractivity contribution in [3.63, 3.8) is 0 Å². The zero-order chi connectivity index (χ0) is 29.8. The van der Waals surface area contributed by atoms with Crippen LogP contribution in [0.15, 0.2) is 87.8 Å². The van der Waals surface area contributed by atoms with Crippen LogP contribution >= 0.6 is 11.3 Å². The van der Waals surface area contributed by atoms with Gasteiger partial charge < -0.3 is 14.2 Å². The van der Waals surface area contributed by atoms with Crippen molar-refractivity contribution < 1.29 is 23.4 Å². The van der Waals surface area contributed by atoms with E-state index < -0.39 is 17.8 Å². The molecule has 8 nitrogen and oxygen atoms in total. The number of nitrogens with zero attached hydrogens (tertiary/aromatic N) is 3. The van der Waals surface area contributed by atoms with E-state index in [1.807, 2.05) is 12.1 Å². The second-order valence-electron chi connectivity index (χ2n) is 9.32. The van der Waals surface area contributed by atoms with Crippen LogP contribution in [-0.4, -0.2) is 24.3 Å². The summed E-state index contributed by atoms with van der Waals surface area (Å²) < 4.78 is 32.4. The summed E-state index contributed by atoms with van der Waals surface area (Å²) in [6, 6.07) is 19.5. The minimum Gasteiger partial charge on any atom is -0.493 e. The summed E-state index contributed by atoms with van der Waals surface area (Å²) in [5, 5.41) is 9.34. The highest BCUT2D eigenvalue weighted by molar-refractivity contribution is 7.07. The summed E-state index contributed by atoms with van der Waals surface area (Å²) in [4.78, 5) is 31.8. The first-order valence-electron chi connectivity index (χ1n) is 13.1. The van der Waals surface area contributed by atoms with E-state index in [4.69, 9.17) is 14.2 Å². The van der Waals surface area contributed by atoms with Gasteiger partial charge in [0.2, 0.25) is 0 Å². The number of methoxy groups -OCH3 is 1. The number of hydrogen-bond acceptors (Lipinski definition) is 8. The second kappa shape index (κ2) is 12.2. The number of fused-ring (bicyclic) bond motifs is 1. The maximum Gasteiger partial charge on any atom is 0.338 e. The highest BCUT2D eigenvalue weighted by atomic mass is 32.1. The number of esters is 1. The average Bonchev–Trinajstić information content (AvgIpc) is 3.30. The van der Waals surface area contributed by atoms with E-state index >= 15 is 0 Å². The van der Waals surface area contributed by atoms with E-state index in [9.17, 15) is 19.2 Å². The van der Waals surface area contributed by atoms with Gasteiger partial charge in [-0.25, -0.2) is 14.2 Å². The Morgan fingerprint density at radius 2 is 1.90 bits per heavy atom. The molecule has 10 heteroatoms. The van der Waals surface area contributed by atoms with E-state index in [-0.39, 0.29) is 24.3 Å².